The second kappa shape index (κ2) is 7.03. The number of ether oxygens (including phenoxy) is 1. The van der Waals surface area contributed by atoms with Crippen LogP contribution in [0.3, 0.4) is 0 Å². The maximum atomic E-state index is 12.7. The number of rotatable bonds is 6. The lowest BCUT2D eigenvalue weighted by atomic mass is 9.71. The minimum Gasteiger partial charge on any atom is -0.380 e. The molecule has 4 rings (SSSR count). The summed E-state index contributed by atoms with van der Waals surface area (Å²) >= 11 is 0. The molecule has 0 aliphatic carbocycles. The van der Waals surface area contributed by atoms with E-state index in [-0.39, 0.29) is 26.2 Å². The van der Waals surface area contributed by atoms with Crippen molar-refractivity contribution < 1.29 is 41.2 Å². The Balaban J connectivity index is 1.44. The van der Waals surface area contributed by atoms with E-state index < -0.39 is 57.9 Å². The van der Waals surface area contributed by atoms with Crippen LogP contribution < -0.4 is 16.5 Å². The summed E-state index contributed by atoms with van der Waals surface area (Å²) in [4.78, 5) is 43.0. The molecule has 4 fully saturated rings. The first-order valence-electron chi connectivity index (χ1n) is 8.92. The third-order valence-corrected chi connectivity index (χ3v) is 6.14. The number of hydroxylamine groups is 3. The molecule has 4 aliphatic heterocycles. The summed E-state index contributed by atoms with van der Waals surface area (Å²) in [5.74, 6) is -1.12. The highest BCUT2D eigenvalue weighted by molar-refractivity contribution is 7.80. The van der Waals surface area contributed by atoms with Gasteiger partial charge < -0.3 is 20.7 Å². The number of nitrogens with zero attached hydrogens (tertiary/aromatic N) is 2. The number of nitrogens with one attached hydrogen (secondary N) is 2. The van der Waals surface area contributed by atoms with Gasteiger partial charge in [-0.25, -0.2) is 10.3 Å². The molecule has 0 aromatic heterocycles. The number of nitrogens with two attached hydrogens (primary N) is 1. The zero-order chi connectivity index (χ0) is 21.0. The first-order chi connectivity index (χ1) is 13.6. The van der Waals surface area contributed by atoms with Crippen molar-refractivity contribution in [3.8, 4) is 0 Å². The van der Waals surface area contributed by atoms with Crippen LogP contribution in [0.25, 0.3) is 0 Å². The van der Waals surface area contributed by atoms with Gasteiger partial charge in [0, 0.05) is 24.9 Å². The minimum atomic E-state index is -4.92. The van der Waals surface area contributed by atoms with Gasteiger partial charge in [-0.3, -0.25) is 19.0 Å². The standard InChI is InChI=1S/C14H21N5O9S/c15-11(20)8-1-7(3-16-8)27-17-12(21)9-2-14(5-26-6-14)10-4-18(9)13(22)19(10)28-29(23,24)25/h7-10,16H,1-6H2,(H2,15,20)(H,17,21)(H,23,24,25)/t7?,8?,9-,10-/m0/s1. The van der Waals surface area contributed by atoms with Gasteiger partial charge in [0.1, 0.15) is 6.04 Å². The fraction of sp³-hybridized carbons (Fsp3) is 0.786. The Morgan fingerprint density at radius 2 is 2.10 bits per heavy atom. The lowest BCUT2D eigenvalue weighted by Gasteiger charge is -2.50. The van der Waals surface area contributed by atoms with Crippen molar-refractivity contribution in [1.29, 1.82) is 0 Å². The van der Waals surface area contributed by atoms with Gasteiger partial charge in [0.25, 0.3) is 5.91 Å². The summed E-state index contributed by atoms with van der Waals surface area (Å²) in [6.45, 7) is 0.769. The molecule has 4 saturated heterocycles. The predicted molar refractivity (Wildman–Crippen MR) is 90.6 cm³/mol. The fourth-order valence-electron chi connectivity index (χ4n) is 4.25. The predicted octanol–water partition coefficient (Wildman–Crippen LogP) is -3.12. The summed E-state index contributed by atoms with van der Waals surface area (Å²) < 4.78 is 40.9. The Bertz CT molecular complexity index is 831. The van der Waals surface area contributed by atoms with Crippen LogP contribution in [0, 0.1) is 5.41 Å². The quantitative estimate of drug-likeness (QED) is 0.245. The van der Waals surface area contributed by atoms with Crippen molar-refractivity contribution in [3.05, 3.63) is 0 Å². The molecular formula is C14H21N5O9S. The molecule has 1 spiro atoms. The van der Waals surface area contributed by atoms with Crippen molar-refractivity contribution in [2.45, 2.75) is 37.1 Å². The van der Waals surface area contributed by atoms with E-state index in [2.05, 4.69) is 15.1 Å². The number of carbonyl (C=O) groups is 3. The molecule has 4 amide bonds. The molecule has 5 N–H and O–H groups in total. The molecule has 14 nitrogen and oxygen atoms in total. The van der Waals surface area contributed by atoms with Crippen LogP contribution in [-0.2, 0) is 33.8 Å². The van der Waals surface area contributed by atoms with E-state index in [9.17, 15) is 22.8 Å². The van der Waals surface area contributed by atoms with Gasteiger partial charge in [-0.15, -0.1) is 4.28 Å². The Labute approximate surface area is 165 Å². The maximum Gasteiger partial charge on any atom is 0.418 e. The summed E-state index contributed by atoms with van der Waals surface area (Å²) in [5, 5.41) is 3.45. The van der Waals surface area contributed by atoms with Crippen molar-refractivity contribution in [3.63, 3.8) is 0 Å². The topological polar surface area (TPSA) is 190 Å². The number of hydrogen-bond donors (Lipinski definition) is 4. The van der Waals surface area contributed by atoms with E-state index in [0.29, 0.717) is 18.0 Å². The van der Waals surface area contributed by atoms with E-state index in [1.165, 1.54) is 0 Å². The maximum absolute atomic E-state index is 12.7. The average molecular weight is 435 g/mol. The smallest absolute Gasteiger partial charge is 0.380 e. The summed E-state index contributed by atoms with van der Waals surface area (Å²) in [7, 11) is -4.92. The Hall–Kier alpha value is -2.04. The molecule has 2 bridgehead atoms. The molecule has 0 saturated carbocycles. The number of fused-ring (bicyclic) bond motifs is 3. The van der Waals surface area contributed by atoms with Crippen molar-refractivity contribution >= 4 is 28.2 Å². The average Bonchev–Trinajstić information content (AvgIpc) is 3.18. The second-order valence-electron chi connectivity index (χ2n) is 7.66. The highest BCUT2D eigenvalue weighted by atomic mass is 32.3. The number of carbonyl (C=O) groups excluding carboxylic acids is 3. The van der Waals surface area contributed by atoms with Gasteiger partial charge in [-0.1, -0.05) is 0 Å². The van der Waals surface area contributed by atoms with Crippen LogP contribution in [-0.4, -0.2) is 91.3 Å². The lowest BCUT2D eigenvalue weighted by Crippen LogP contribution is -2.63. The zero-order valence-electron chi connectivity index (χ0n) is 15.1. The van der Waals surface area contributed by atoms with Crippen molar-refractivity contribution in [2.75, 3.05) is 26.3 Å². The van der Waals surface area contributed by atoms with Crippen LogP contribution in [0.1, 0.15) is 12.8 Å². The normalized spacial score (nSPS) is 33.1. The highest BCUT2D eigenvalue weighted by Crippen LogP contribution is 2.47. The first-order valence-corrected chi connectivity index (χ1v) is 10.3. The second-order valence-corrected chi connectivity index (χ2v) is 8.66. The first kappa shape index (κ1) is 20.2. The van der Waals surface area contributed by atoms with Gasteiger partial charge >= 0.3 is 16.4 Å². The molecule has 0 radical (unpaired) electrons. The number of amides is 4. The largest absolute Gasteiger partial charge is 0.418 e. The number of piperidine rings is 1. The third-order valence-electron chi connectivity index (χ3n) is 5.79. The molecule has 15 heteroatoms. The minimum absolute atomic E-state index is 0.0323. The molecule has 29 heavy (non-hydrogen) atoms. The molecule has 4 heterocycles. The molecule has 0 aromatic rings. The molecule has 4 aliphatic rings. The van der Waals surface area contributed by atoms with Crippen molar-refractivity contribution in [2.24, 2.45) is 11.1 Å². The summed E-state index contributed by atoms with van der Waals surface area (Å²) in [6, 6.07) is -3.04. The van der Waals surface area contributed by atoms with Crippen LogP contribution in [0.4, 0.5) is 4.79 Å². The molecule has 2 unspecified atom stereocenters. The van der Waals surface area contributed by atoms with Crippen LogP contribution in [0.5, 0.6) is 0 Å². The van der Waals surface area contributed by atoms with Gasteiger partial charge in [-0.2, -0.15) is 13.5 Å². The third kappa shape index (κ3) is 3.64. The van der Waals surface area contributed by atoms with Crippen LogP contribution in [0.15, 0.2) is 0 Å². The fourth-order valence-corrected chi connectivity index (χ4v) is 4.62. The highest BCUT2D eigenvalue weighted by Gasteiger charge is 2.63. The van der Waals surface area contributed by atoms with Crippen LogP contribution >= 0.6 is 0 Å². The van der Waals surface area contributed by atoms with E-state index in [0.717, 1.165) is 4.90 Å². The van der Waals surface area contributed by atoms with E-state index in [4.69, 9.17) is 19.9 Å². The number of primary amides is 1. The zero-order valence-corrected chi connectivity index (χ0v) is 16.0. The number of urea groups is 1. The Kier molecular flexibility index (Phi) is 4.91. The van der Waals surface area contributed by atoms with Crippen LogP contribution in [0.2, 0.25) is 0 Å². The van der Waals surface area contributed by atoms with Gasteiger partial charge in [0.05, 0.1) is 31.4 Å². The Morgan fingerprint density at radius 3 is 2.66 bits per heavy atom. The lowest BCUT2D eigenvalue weighted by molar-refractivity contribution is -0.194. The monoisotopic (exact) mass is 435 g/mol. The summed E-state index contributed by atoms with van der Waals surface area (Å²) in [5.41, 5.74) is 6.85. The SMILES string of the molecule is NC(=O)C1CC(ONC(=O)[C@@H]2CC3(COC3)[C@@H]3CN2C(=O)N3OS(=O)(=O)O)CN1. The van der Waals surface area contributed by atoms with Gasteiger partial charge in [-0.05, 0) is 6.42 Å². The molecule has 162 valence electrons. The Morgan fingerprint density at radius 1 is 1.38 bits per heavy atom. The number of hydrogen-bond acceptors (Lipinski definition) is 9. The van der Waals surface area contributed by atoms with E-state index >= 15 is 0 Å². The van der Waals surface area contributed by atoms with E-state index in [1.54, 1.807) is 0 Å². The molecule has 4 atom stereocenters. The van der Waals surface area contributed by atoms with Crippen molar-refractivity contribution in [1.82, 2.24) is 20.8 Å². The van der Waals surface area contributed by atoms with E-state index in [1.807, 2.05) is 0 Å². The van der Waals surface area contributed by atoms with Gasteiger partial charge in [0.15, 0.2) is 0 Å². The summed E-state index contributed by atoms with van der Waals surface area (Å²) in [6.07, 6.45) is 0.0256. The molecule has 0 aromatic carbocycles. The molecular weight excluding hydrogens is 414 g/mol. The van der Waals surface area contributed by atoms with Gasteiger partial charge in [0.2, 0.25) is 5.91 Å².